The molecule has 7 nitrogen and oxygen atoms in total. The maximum Gasteiger partial charge on any atom is 0.345 e. The van der Waals surface area contributed by atoms with Crippen molar-refractivity contribution in [2.75, 3.05) is 13.2 Å². The number of carbonyl (C=O) groups excluding carboxylic acids is 3. The van der Waals surface area contributed by atoms with Crippen molar-refractivity contribution in [3.8, 4) is 0 Å². The Kier molecular flexibility index (Phi) is 8.61. The first-order chi connectivity index (χ1) is 9.43. The molecule has 0 amide bonds. The second-order valence-corrected chi connectivity index (χ2v) is 3.89. The van der Waals surface area contributed by atoms with Crippen molar-refractivity contribution in [3.63, 3.8) is 0 Å². The number of benzene rings is 1. The van der Waals surface area contributed by atoms with Crippen molar-refractivity contribution < 1.29 is 53.5 Å². The molecule has 0 heterocycles. The van der Waals surface area contributed by atoms with E-state index in [1.807, 2.05) is 0 Å². The Morgan fingerprint density at radius 1 is 1.10 bits per heavy atom. The molecule has 0 aromatic heterocycles. The Balaban J connectivity index is 0.00000400. The van der Waals surface area contributed by atoms with E-state index in [1.54, 1.807) is 0 Å². The number of rotatable bonds is 5. The van der Waals surface area contributed by atoms with Crippen LogP contribution in [0.5, 0.6) is 0 Å². The van der Waals surface area contributed by atoms with Crippen LogP contribution in [-0.2, 0) is 33.7 Å². The first-order valence-corrected chi connectivity index (χ1v) is 5.73. The Labute approximate surface area is 133 Å². The molecule has 1 aromatic carbocycles. The summed E-state index contributed by atoms with van der Waals surface area (Å²) >= 11 is 0. The zero-order valence-corrected chi connectivity index (χ0v) is 14.4. The molecule has 1 aromatic rings. The van der Waals surface area contributed by atoms with Crippen molar-refractivity contribution in [1.82, 2.24) is 0 Å². The van der Waals surface area contributed by atoms with Gasteiger partial charge in [-0.1, -0.05) is 0 Å². The van der Waals surface area contributed by atoms with Crippen LogP contribution < -0.4 is 0 Å². The van der Waals surface area contributed by atoms with Gasteiger partial charge in [0, 0.05) is 26.4 Å². The summed E-state index contributed by atoms with van der Waals surface area (Å²) in [6, 6.07) is 5.27. The number of esters is 3. The molecule has 1 unspecified atom stereocenters. The third-order valence-corrected chi connectivity index (χ3v) is 2.21. The topological polar surface area (TPSA) is 110 Å². The summed E-state index contributed by atoms with van der Waals surface area (Å²) in [6.45, 7) is 0.267. The van der Waals surface area contributed by atoms with Crippen LogP contribution in [0.25, 0.3) is 0 Å². The normalized spacial score (nSPS) is 11.0. The summed E-state index contributed by atoms with van der Waals surface area (Å²) in [4.78, 5) is 33.5. The molecule has 2 N–H and O–H groups in total. The van der Waals surface area contributed by atoms with Gasteiger partial charge in [0.2, 0.25) is 0 Å². The standard InChI is InChI=1S/C13H14O7.Zn/c1-8(15)20-13(18)10-4-2-9(3-5-10)12(17)19-7-11(16)6-14;/h2-5,11,14,16H,6-7H2,1H3;. The molecule has 0 aliphatic heterocycles. The van der Waals surface area contributed by atoms with Gasteiger partial charge >= 0.3 is 17.9 Å². The van der Waals surface area contributed by atoms with E-state index in [0.717, 1.165) is 6.92 Å². The minimum Gasteiger partial charge on any atom is -0.459 e. The number of hydrogen-bond acceptors (Lipinski definition) is 7. The van der Waals surface area contributed by atoms with Gasteiger partial charge in [0.15, 0.2) is 0 Å². The van der Waals surface area contributed by atoms with E-state index in [2.05, 4.69) is 4.74 Å². The molecular weight excluding hydrogens is 334 g/mol. The number of aliphatic hydroxyl groups is 2. The molecule has 0 fully saturated rings. The van der Waals surface area contributed by atoms with E-state index in [4.69, 9.17) is 14.9 Å². The minimum absolute atomic E-state index is 0. The Morgan fingerprint density at radius 2 is 1.57 bits per heavy atom. The van der Waals surface area contributed by atoms with Gasteiger partial charge in [0.1, 0.15) is 12.7 Å². The Hall–Kier alpha value is -1.63. The second kappa shape index (κ2) is 9.34. The van der Waals surface area contributed by atoms with Gasteiger partial charge in [-0.15, -0.1) is 0 Å². The van der Waals surface area contributed by atoms with Crippen molar-refractivity contribution in [1.29, 1.82) is 0 Å². The average Bonchev–Trinajstić information content (AvgIpc) is 2.43. The van der Waals surface area contributed by atoms with E-state index >= 15 is 0 Å². The zero-order chi connectivity index (χ0) is 15.1. The molecule has 0 radical (unpaired) electrons. The van der Waals surface area contributed by atoms with Crippen LogP contribution in [-0.4, -0.2) is 47.4 Å². The predicted octanol–water partition coefficient (Wildman–Crippen LogP) is -0.103. The molecule has 0 saturated carbocycles. The Morgan fingerprint density at radius 3 is 2.00 bits per heavy atom. The van der Waals surface area contributed by atoms with Gasteiger partial charge in [-0.05, 0) is 24.3 Å². The van der Waals surface area contributed by atoms with E-state index in [1.165, 1.54) is 24.3 Å². The first-order valence-electron chi connectivity index (χ1n) is 5.73. The first kappa shape index (κ1) is 19.4. The SMILES string of the molecule is CC(=O)OC(=O)c1ccc(C(=O)OCC(O)CO)cc1.[Zn]. The molecule has 110 valence electrons. The van der Waals surface area contributed by atoms with Crippen molar-refractivity contribution in [2.45, 2.75) is 13.0 Å². The van der Waals surface area contributed by atoms with Gasteiger partial charge in [0.25, 0.3) is 0 Å². The van der Waals surface area contributed by atoms with E-state index in [-0.39, 0.29) is 37.2 Å². The number of aliphatic hydroxyl groups excluding tert-OH is 2. The third-order valence-electron chi connectivity index (χ3n) is 2.21. The van der Waals surface area contributed by atoms with Crippen LogP contribution in [0.15, 0.2) is 24.3 Å². The molecule has 1 atom stereocenters. The third kappa shape index (κ3) is 6.57. The molecule has 1 rings (SSSR count). The summed E-state index contributed by atoms with van der Waals surface area (Å²) in [5.41, 5.74) is 0.279. The van der Waals surface area contributed by atoms with Gasteiger partial charge in [-0.3, -0.25) is 4.79 Å². The van der Waals surface area contributed by atoms with Gasteiger partial charge in [0.05, 0.1) is 17.7 Å². The maximum absolute atomic E-state index is 11.5. The van der Waals surface area contributed by atoms with Crippen LogP contribution in [0, 0.1) is 0 Å². The summed E-state index contributed by atoms with van der Waals surface area (Å²) in [7, 11) is 0. The smallest absolute Gasteiger partial charge is 0.345 e. The maximum atomic E-state index is 11.5. The van der Waals surface area contributed by atoms with Crippen LogP contribution in [0.3, 0.4) is 0 Å². The number of hydrogen-bond donors (Lipinski definition) is 2. The van der Waals surface area contributed by atoms with E-state index in [0.29, 0.717) is 0 Å². The monoisotopic (exact) mass is 346 g/mol. The Bertz CT molecular complexity index is 498. The second-order valence-electron chi connectivity index (χ2n) is 3.89. The average molecular weight is 348 g/mol. The van der Waals surface area contributed by atoms with Gasteiger partial charge in [-0.2, -0.15) is 0 Å². The van der Waals surface area contributed by atoms with Crippen molar-refractivity contribution in [2.24, 2.45) is 0 Å². The molecule has 21 heavy (non-hydrogen) atoms. The molecule has 0 saturated heterocycles. The van der Waals surface area contributed by atoms with Gasteiger partial charge in [-0.25, -0.2) is 9.59 Å². The molecule has 0 spiro atoms. The van der Waals surface area contributed by atoms with Crippen LogP contribution in [0.1, 0.15) is 27.6 Å². The van der Waals surface area contributed by atoms with E-state index in [9.17, 15) is 14.4 Å². The fourth-order valence-corrected chi connectivity index (χ4v) is 1.24. The molecule has 0 aliphatic carbocycles. The summed E-state index contributed by atoms with van der Waals surface area (Å²) in [5.74, 6) is -2.24. The molecule has 0 aliphatic rings. The number of ether oxygens (including phenoxy) is 2. The summed E-state index contributed by atoms with van der Waals surface area (Å²) < 4.78 is 9.10. The summed E-state index contributed by atoms with van der Waals surface area (Å²) in [5, 5.41) is 17.6. The van der Waals surface area contributed by atoms with Crippen LogP contribution in [0.2, 0.25) is 0 Å². The fourth-order valence-electron chi connectivity index (χ4n) is 1.24. The molecule has 0 bridgehead atoms. The molecular formula is C13H14O7Zn. The van der Waals surface area contributed by atoms with Crippen molar-refractivity contribution in [3.05, 3.63) is 35.4 Å². The minimum atomic E-state index is -1.14. The molecule has 8 heteroatoms. The zero-order valence-electron chi connectivity index (χ0n) is 11.4. The van der Waals surface area contributed by atoms with Crippen LogP contribution in [0.4, 0.5) is 0 Å². The fraction of sp³-hybridized carbons (Fsp3) is 0.308. The quantitative estimate of drug-likeness (QED) is 0.434. The summed E-state index contributed by atoms with van der Waals surface area (Å²) in [6.07, 6.45) is -1.14. The largest absolute Gasteiger partial charge is 0.459 e. The van der Waals surface area contributed by atoms with Crippen molar-refractivity contribution >= 4 is 17.9 Å². The van der Waals surface area contributed by atoms with Gasteiger partial charge < -0.3 is 19.7 Å². The predicted molar refractivity (Wildman–Crippen MR) is 65.9 cm³/mol. The van der Waals surface area contributed by atoms with Crippen LogP contribution >= 0.6 is 0 Å². The number of carbonyl (C=O) groups is 3. The van der Waals surface area contributed by atoms with E-state index < -0.39 is 30.6 Å².